The van der Waals surface area contributed by atoms with E-state index in [4.69, 9.17) is 9.47 Å². The third-order valence-corrected chi connectivity index (χ3v) is 7.76. The van der Waals surface area contributed by atoms with Crippen LogP contribution in [-0.4, -0.2) is 51.7 Å². The molecule has 1 aliphatic heterocycles. The van der Waals surface area contributed by atoms with Crippen molar-refractivity contribution in [3.63, 3.8) is 0 Å². The van der Waals surface area contributed by atoms with Crippen molar-refractivity contribution in [1.29, 1.82) is 0 Å². The smallest absolute Gasteiger partial charge is 0.257 e. The predicted molar refractivity (Wildman–Crippen MR) is 161 cm³/mol. The number of aromatic nitrogens is 1. The van der Waals surface area contributed by atoms with Crippen molar-refractivity contribution in [3.05, 3.63) is 131 Å². The third-order valence-electron chi connectivity index (χ3n) is 7.76. The van der Waals surface area contributed by atoms with Crippen LogP contribution in [0.2, 0.25) is 0 Å². The number of carbonyl (C=O) groups is 1. The van der Waals surface area contributed by atoms with Crippen molar-refractivity contribution < 1.29 is 24.5 Å². The molecule has 1 saturated heterocycles. The number of aliphatic hydroxyl groups excluding tert-OH is 2. The molecule has 0 bridgehead atoms. The number of aliphatic hydroxyl groups is 2. The summed E-state index contributed by atoms with van der Waals surface area (Å²) in [7, 11) is 2.00. The summed E-state index contributed by atoms with van der Waals surface area (Å²) in [5.41, 5.74) is 4.68. The van der Waals surface area contributed by atoms with Crippen LogP contribution in [0.1, 0.15) is 64.5 Å². The van der Waals surface area contributed by atoms with E-state index in [2.05, 4.69) is 15.2 Å². The number of likely N-dealkylation sites (N-methyl/N-ethyl adjacent to an activating group) is 1. The first-order chi connectivity index (χ1) is 20.4. The van der Waals surface area contributed by atoms with Crippen LogP contribution in [0.4, 0.5) is 5.69 Å². The Balaban J connectivity index is 1.31. The number of hydrogen-bond acceptors (Lipinski definition) is 7. The summed E-state index contributed by atoms with van der Waals surface area (Å²) < 4.78 is 12.9. The molecule has 0 radical (unpaired) electrons. The summed E-state index contributed by atoms with van der Waals surface area (Å²) in [4.78, 5) is 18.7. The van der Waals surface area contributed by atoms with Gasteiger partial charge in [-0.05, 0) is 54.9 Å². The molecule has 0 saturated carbocycles. The van der Waals surface area contributed by atoms with E-state index in [1.807, 2.05) is 92.8 Å². The summed E-state index contributed by atoms with van der Waals surface area (Å²) in [5, 5.41) is 23.4. The number of amides is 1. The minimum atomic E-state index is -0.636. The molecule has 0 unspecified atom stereocenters. The second-order valence-electron chi connectivity index (χ2n) is 10.7. The van der Waals surface area contributed by atoms with Crippen LogP contribution < -0.4 is 5.32 Å². The number of hydrogen-bond donors (Lipinski definition) is 3. The van der Waals surface area contributed by atoms with Gasteiger partial charge in [0.1, 0.15) is 0 Å². The molecule has 1 amide bonds. The fourth-order valence-corrected chi connectivity index (χ4v) is 5.11. The standard InChI is InChI=1S/C34H37N3O5/c1-23(32(39)26-7-4-3-5-8-26)37(2)21-30-19-31(25-12-10-24(22-38)11-13-25)42-34(41-30)27-14-16-29(17-15-27)36-33(40)28-9-6-18-35-20-28/h3-18,20,23,30-32,34,38-39H,19,21-22H2,1-2H3,(H,36,40)/t23-,30-,31+,32-,34+/m1/s1. The number of rotatable bonds is 10. The summed E-state index contributed by atoms with van der Waals surface area (Å²) in [6.45, 7) is 2.59. The number of nitrogens with zero attached hydrogens (tertiary/aromatic N) is 2. The van der Waals surface area contributed by atoms with Crippen molar-refractivity contribution in [3.8, 4) is 0 Å². The number of nitrogens with one attached hydrogen (secondary N) is 1. The molecular formula is C34H37N3O5. The van der Waals surface area contributed by atoms with E-state index in [-0.39, 0.29) is 30.8 Å². The zero-order valence-electron chi connectivity index (χ0n) is 23.8. The quantitative estimate of drug-likeness (QED) is 0.235. The fraction of sp³-hybridized carbons (Fsp3) is 0.294. The molecule has 3 N–H and O–H groups in total. The lowest BCUT2D eigenvalue weighted by Crippen LogP contribution is -2.43. The van der Waals surface area contributed by atoms with Crippen molar-refractivity contribution in [2.75, 3.05) is 18.9 Å². The monoisotopic (exact) mass is 567 g/mol. The van der Waals surface area contributed by atoms with Crippen molar-refractivity contribution in [1.82, 2.24) is 9.88 Å². The number of carbonyl (C=O) groups excluding carboxylic acids is 1. The first-order valence-corrected chi connectivity index (χ1v) is 14.2. The number of benzene rings is 3. The zero-order chi connectivity index (χ0) is 29.5. The normalized spacial score (nSPS) is 20.2. The summed E-state index contributed by atoms with van der Waals surface area (Å²) in [5.74, 6) is -0.234. The molecule has 3 aromatic carbocycles. The van der Waals surface area contributed by atoms with E-state index in [1.54, 1.807) is 18.3 Å². The van der Waals surface area contributed by atoms with Gasteiger partial charge in [0.2, 0.25) is 0 Å². The summed E-state index contributed by atoms with van der Waals surface area (Å²) >= 11 is 0. The highest BCUT2D eigenvalue weighted by Crippen LogP contribution is 2.38. The van der Waals surface area contributed by atoms with Gasteiger partial charge in [-0.3, -0.25) is 14.7 Å². The average Bonchev–Trinajstić information content (AvgIpc) is 3.05. The van der Waals surface area contributed by atoms with Gasteiger partial charge in [0.15, 0.2) is 6.29 Å². The van der Waals surface area contributed by atoms with E-state index in [1.165, 1.54) is 6.20 Å². The van der Waals surface area contributed by atoms with Crippen molar-refractivity contribution in [2.24, 2.45) is 0 Å². The molecule has 1 aromatic heterocycles. The maximum atomic E-state index is 12.5. The van der Waals surface area contributed by atoms with Crippen LogP contribution in [0.15, 0.2) is 103 Å². The van der Waals surface area contributed by atoms with Crippen molar-refractivity contribution in [2.45, 2.75) is 50.6 Å². The Morgan fingerprint density at radius 1 is 0.976 bits per heavy atom. The number of pyridine rings is 1. The van der Waals surface area contributed by atoms with Crippen LogP contribution >= 0.6 is 0 Å². The Hall–Kier alpha value is -3.92. The number of ether oxygens (including phenoxy) is 2. The fourth-order valence-electron chi connectivity index (χ4n) is 5.11. The summed E-state index contributed by atoms with van der Waals surface area (Å²) in [6, 6.07) is 28.2. The molecule has 1 aliphatic rings. The van der Waals surface area contributed by atoms with Gasteiger partial charge >= 0.3 is 0 Å². The predicted octanol–water partition coefficient (Wildman–Crippen LogP) is 5.43. The molecule has 2 heterocycles. The highest BCUT2D eigenvalue weighted by Gasteiger charge is 2.34. The van der Waals surface area contributed by atoms with E-state index in [0.717, 1.165) is 22.3 Å². The zero-order valence-corrected chi connectivity index (χ0v) is 23.8. The SMILES string of the molecule is C[C@H]([C@@H](O)c1ccccc1)N(C)C[C@H]1C[C@@H](c2ccc(CO)cc2)O[C@@H](c2ccc(NC(=O)c3cccnc3)cc2)O1. The Labute approximate surface area is 246 Å². The molecule has 4 aromatic rings. The van der Waals surface area contributed by atoms with E-state index in [0.29, 0.717) is 24.2 Å². The summed E-state index contributed by atoms with van der Waals surface area (Å²) in [6.07, 6.45) is 2.12. The van der Waals surface area contributed by atoms with Gasteiger partial charge in [0.25, 0.3) is 5.91 Å². The van der Waals surface area contributed by atoms with Crippen LogP contribution in [0.3, 0.4) is 0 Å². The van der Waals surface area contributed by atoms with Crippen LogP contribution in [0, 0.1) is 0 Å². The van der Waals surface area contributed by atoms with Gasteiger partial charge in [-0.25, -0.2) is 0 Å². The van der Waals surface area contributed by atoms with Gasteiger partial charge in [-0.15, -0.1) is 0 Å². The molecule has 1 fully saturated rings. The Bertz CT molecular complexity index is 1420. The highest BCUT2D eigenvalue weighted by molar-refractivity contribution is 6.04. The second-order valence-corrected chi connectivity index (χ2v) is 10.7. The van der Waals surface area contributed by atoms with Gasteiger partial charge < -0.3 is 25.0 Å². The molecule has 5 atom stereocenters. The maximum absolute atomic E-state index is 12.5. The van der Waals surface area contributed by atoms with Crippen LogP contribution in [0.5, 0.6) is 0 Å². The van der Waals surface area contributed by atoms with E-state index >= 15 is 0 Å². The van der Waals surface area contributed by atoms with Crippen molar-refractivity contribution >= 4 is 11.6 Å². The lowest BCUT2D eigenvalue weighted by Gasteiger charge is -2.39. The Kier molecular flexibility index (Phi) is 9.74. The van der Waals surface area contributed by atoms with E-state index < -0.39 is 12.4 Å². The molecule has 0 spiro atoms. The minimum absolute atomic E-state index is 0.0176. The molecule has 0 aliphatic carbocycles. The molecule has 218 valence electrons. The van der Waals surface area contributed by atoms with Gasteiger partial charge in [-0.2, -0.15) is 0 Å². The van der Waals surface area contributed by atoms with Crippen LogP contribution in [0.25, 0.3) is 0 Å². The molecule has 5 rings (SSSR count). The molecule has 42 heavy (non-hydrogen) atoms. The van der Waals surface area contributed by atoms with E-state index in [9.17, 15) is 15.0 Å². The van der Waals surface area contributed by atoms with Gasteiger partial charge in [0.05, 0.1) is 30.5 Å². The van der Waals surface area contributed by atoms with Crippen LogP contribution in [-0.2, 0) is 16.1 Å². The van der Waals surface area contributed by atoms with Gasteiger partial charge in [0, 0.05) is 42.7 Å². The molecule has 8 nitrogen and oxygen atoms in total. The van der Waals surface area contributed by atoms with Gasteiger partial charge in [-0.1, -0.05) is 66.7 Å². The lowest BCUT2D eigenvalue weighted by atomic mass is 9.98. The second kappa shape index (κ2) is 13.8. The largest absolute Gasteiger partial charge is 0.392 e. The minimum Gasteiger partial charge on any atom is -0.392 e. The number of anilines is 1. The molecule has 8 heteroatoms. The first kappa shape index (κ1) is 29.6. The average molecular weight is 568 g/mol. The Morgan fingerprint density at radius 3 is 2.36 bits per heavy atom. The lowest BCUT2D eigenvalue weighted by molar-refractivity contribution is -0.253. The molecular weight excluding hydrogens is 530 g/mol. The third kappa shape index (κ3) is 7.28. The first-order valence-electron chi connectivity index (χ1n) is 14.2. The maximum Gasteiger partial charge on any atom is 0.257 e. The highest BCUT2D eigenvalue weighted by atomic mass is 16.7. The topological polar surface area (TPSA) is 104 Å². The Morgan fingerprint density at radius 2 is 1.69 bits per heavy atom.